The van der Waals surface area contributed by atoms with Crippen molar-refractivity contribution < 1.29 is 28.6 Å². The summed E-state index contributed by atoms with van der Waals surface area (Å²) in [6, 6.07) is 9.06. The molecule has 1 aliphatic heterocycles. The second kappa shape index (κ2) is 7.43. The lowest BCUT2D eigenvalue weighted by Crippen LogP contribution is -2.37. The minimum atomic E-state index is -0.768. The molecule has 0 radical (unpaired) electrons. The van der Waals surface area contributed by atoms with Crippen molar-refractivity contribution in [1.29, 1.82) is 0 Å². The lowest BCUT2D eigenvalue weighted by molar-refractivity contribution is -0.117. The highest BCUT2D eigenvalue weighted by molar-refractivity contribution is 5.91. The van der Waals surface area contributed by atoms with Gasteiger partial charge in [0, 0.05) is 23.7 Å². The molecule has 0 atom stereocenters. The second-order valence-corrected chi connectivity index (χ2v) is 6.01. The molecule has 0 saturated carbocycles. The van der Waals surface area contributed by atoms with Crippen LogP contribution in [0.3, 0.4) is 0 Å². The highest BCUT2D eigenvalue weighted by Crippen LogP contribution is 2.34. The summed E-state index contributed by atoms with van der Waals surface area (Å²) in [5, 5.41) is 9.38. The molecule has 3 rings (SSSR count). The maximum Gasteiger partial charge on any atom is 0.420 e. The van der Waals surface area contributed by atoms with Crippen LogP contribution in [-0.2, 0) is 11.3 Å². The number of benzene rings is 2. The van der Waals surface area contributed by atoms with Gasteiger partial charge in [-0.05, 0) is 43.7 Å². The number of carbonyl (C=O) groups excluding carboxylic acids is 2. The van der Waals surface area contributed by atoms with Gasteiger partial charge in [-0.25, -0.2) is 9.18 Å². The number of anilines is 1. The molecule has 2 aromatic rings. The Hall–Kier alpha value is -3.09. The summed E-state index contributed by atoms with van der Waals surface area (Å²) < 4.78 is 24.2. The molecular weight excluding hydrogens is 341 g/mol. The van der Waals surface area contributed by atoms with Gasteiger partial charge < -0.3 is 19.4 Å². The van der Waals surface area contributed by atoms with Crippen molar-refractivity contribution in [2.45, 2.75) is 26.3 Å². The summed E-state index contributed by atoms with van der Waals surface area (Å²) in [7, 11) is 0. The largest absolute Gasteiger partial charge is 0.505 e. The van der Waals surface area contributed by atoms with E-state index in [-0.39, 0.29) is 18.1 Å². The van der Waals surface area contributed by atoms with Crippen molar-refractivity contribution in [3.05, 3.63) is 47.8 Å². The molecule has 2 aromatic carbocycles. The quantitative estimate of drug-likeness (QED) is 0.794. The number of halogens is 1. The van der Waals surface area contributed by atoms with Crippen LogP contribution in [0.4, 0.5) is 14.9 Å². The molecule has 0 unspecified atom stereocenters. The van der Waals surface area contributed by atoms with Gasteiger partial charge in [0.2, 0.25) is 0 Å². The third-order valence-electron chi connectivity index (χ3n) is 3.97. The molecule has 7 heteroatoms. The lowest BCUT2D eigenvalue weighted by Gasteiger charge is -2.28. The normalized spacial score (nSPS) is 13.2. The minimum absolute atomic E-state index is 0.123. The highest BCUT2D eigenvalue weighted by Gasteiger charge is 2.27. The van der Waals surface area contributed by atoms with Crippen molar-refractivity contribution in [2.24, 2.45) is 0 Å². The molecule has 1 heterocycles. The van der Waals surface area contributed by atoms with Crippen LogP contribution < -0.4 is 14.4 Å². The number of nitrogens with zero attached hydrogens (tertiary/aromatic N) is 1. The minimum Gasteiger partial charge on any atom is -0.505 e. The van der Waals surface area contributed by atoms with Gasteiger partial charge in [-0.3, -0.25) is 4.90 Å². The van der Waals surface area contributed by atoms with Gasteiger partial charge in [0.1, 0.15) is 17.3 Å². The van der Waals surface area contributed by atoms with E-state index in [0.29, 0.717) is 36.4 Å². The molecule has 136 valence electrons. The number of Topliss-reactive ketones (excluding diaryl/α,β-unsaturated/α-hetero) is 1. The zero-order valence-electron chi connectivity index (χ0n) is 14.2. The van der Waals surface area contributed by atoms with Gasteiger partial charge in [0.05, 0.1) is 13.2 Å². The van der Waals surface area contributed by atoms with Gasteiger partial charge in [0.15, 0.2) is 11.6 Å². The van der Waals surface area contributed by atoms with Gasteiger partial charge in [0.25, 0.3) is 0 Å². The Morgan fingerprint density at radius 3 is 2.73 bits per heavy atom. The Morgan fingerprint density at radius 1 is 1.31 bits per heavy atom. The first-order chi connectivity index (χ1) is 12.4. The Bertz CT molecular complexity index is 835. The smallest absolute Gasteiger partial charge is 0.420 e. The Morgan fingerprint density at radius 2 is 2.04 bits per heavy atom. The van der Waals surface area contributed by atoms with Crippen LogP contribution in [0.15, 0.2) is 36.4 Å². The van der Waals surface area contributed by atoms with Crippen molar-refractivity contribution in [3.63, 3.8) is 0 Å². The zero-order chi connectivity index (χ0) is 18.7. The first-order valence-corrected chi connectivity index (χ1v) is 8.17. The Balaban J connectivity index is 1.68. The van der Waals surface area contributed by atoms with Gasteiger partial charge in [-0.15, -0.1) is 0 Å². The fourth-order valence-electron chi connectivity index (χ4n) is 2.62. The number of carbonyl (C=O) groups is 2. The second-order valence-electron chi connectivity index (χ2n) is 6.01. The fourth-order valence-corrected chi connectivity index (χ4v) is 2.62. The molecule has 1 amide bonds. The van der Waals surface area contributed by atoms with Crippen LogP contribution in [0.2, 0.25) is 0 Å². The number of hydrogen-bond acceptors (Lipinski definition) is 5. The van der Waals surface area contributed by atoms with Crippen LogP contribution in [-0.4, -0.2) is 23.6 Å². The van der Waals surface area contributed by atoms with E-state index >= 15 is 0 Å². The summed E-state index contributed by atoms with van der Waals surface area (Å²) in [4.78, 5) is 24.4. The van der Waals surface area contributed by atoms with Gasteiger partial charge in [-0.2, -0.15) is 0 Å². The lowest BCUT2D eigenvalue weighted by atomic mass is 10.1. The third-order valence-corrected chi connectivity index (χ3v) is 3.97. The number of hydrogen-bond donors (Lipinski definition) is 1. The Labute approximate surface area is 149 Å². The van der Waals surface area contributed by atoms with Gasteiger partial charge >= 0.3 is 6.09 Å². The maximum atomic E-state index is 13.5. The number of amides is 1. The SMILES string of the molecule is CC(=O)CCCOc1ccc(N2Cc3cc(F)c(O)cc3OC2=O)cc1. The summed E-state index contributed by atoms with van der Waals surface area (Å²) in [5.41, 5.74) is 1.04. The monoisotopic (exact) mass is 359 g/mol. The summed E-state index contributed by atoms with van der Waals surface area (Å²) in [6.45, 7) is 2.10. The number of phenols is 1. The number of aromatic hydroxyl groups is 1. The van der Waals surface area contributed by atoms with E-state index < -0.39 is 17.7 Å². The predicted octanol–water partition coefficient (Wildman–Crippen LogP) is 3.80. The molecule has 6 nitrogen and oxygen atoms in total. The van der Waals surface area contributed by atoms with Crippen LogP contribution in [0, 0.1) is 5.82 Å². The van der Waals surface area contributed by atoms with Crippen molar-refractivity contribution in [2.75, 3.05) is 11.5 Å². The summed E-state index contributed by atoms with van der Waals surface area (Å²) >= 11 is 0. The average Bonchev–Trinajstić information content (AvgIpc) is 2.60. The molecule has 1 aliphatic rings. The number of phenolic OH excluding ortho intramolecular Hbond substituents is 1. The van der Waals surface area contributed by atoms with Crippen LogP contribution in [0.1, 0.15) is 25.3 Å². The van der Waals surface area contributed by atoms with Crippen LogP contribution in [0.25, 0.3) is 0 Å². The van der Waals surface area contributed by atoms with E-state index in [2.05, 4.69) is 0 Å². The van der Waals surface area contributed by atoms with E-state index in [1.165, 1.54) is 11.8 Å². The molecule has 1 N–H and O–H groups in total. The van der Waals surface area contributed by atoms with E-state index in [4.69, 9.17) is 9.47 Å². The number of ether oxygens (including phenoxy) is 2. The average molecular weight is 359 g/mol. The highest BCUT2D eigenvalue weighted by atomic mass is 19.1. The number of fused-ring (bicyclic) bond motifs is 1. The Kier molecular flexibility index (Phi) is 5.06. The molecule has 0 spiro atoms. The van der Waals surface area contributed by atoms with Crippen molar-refractivity contribution in [1.82, 2.24) is 0 Å². The maximum absolute atomic E-state index is 13.5. The molecule has 0 aromatic heterocycles. The molecular formula is C19H18FNO5. The first kappa shape index (κ1) is 17.7. The van der Waals surface area contributed by atoms with E-state index in [0.717, 1.165) is 12.1 Å². The number of ketones is 1. The molecule has 0 saturated heterocycles. The molecule has 0 bridgehead atoms. The van der Waals surface area contributed by atoms with Crippen molar-refractivity contribution >= 4 is 17.6 Å². The topological polar surface area (TPSA) is 76.1 Å². The number of rotatable bonds is 6. The summed E-state index contributed by atoms with van der Waals surface area (Å²) in [6.07, 6.45) is 0.507. The third kappa shape index (κ3) is 3.93. The van der Waals surface area contributed by atoms with Gasteiger partial charge in [-0.1, -0.05) is 0 Å². The van der Waals surface area contributed by atoms with Crippen molar-refractivity contribution in [3.8, 4) is 17.2 Å². The standard InChI is InChI=1S/C19H18FNO5/c1-12(22)3-2-8-25-15-6-4-14(5-7-15)21-11-13-9-16(20)17(23)10-18(13)26-19(21)24/h4-7,9-10,23H,2-3,8,11H2,1H3. The summed E-state index contributed by atoms with van der Waals surface area (Å²) in [5.74, 6) is -0.431. The predicted molar refractivity (Wildman–Crippen MR) is 92.1 cm³/mol. The molecule has 0 aliphatic carbocycles. The van der Waals surface area contributed by atoms with E-state index in [1.807, 2.05) is 0 Å². The van der Waals surface area contributed by atoms with Crippen LogP contribution in [0.5, 0.6) is 17.2 Å². The first-order valence-electron chi connectivity index (χ1n) is 8.17. The van der Waals surface area contributed by atoms with Crippen LogP contribution >= 0.6 is 0 Å². The van der Waals surface area contributed by atoms with E-state index in [9.17, 15) is 19.1 Å². The zero-order valence-corrected chi connectivity index (χ0v) is 14.2. The molecule has 26 heavy (non-hydrogen) atoms. The fraction of sp³-hybridized carbons (Fsp3) is 0.263. The molecule has 0 fully saturated rings. The van der Waals surface area contributed by atoms with E-state index in [1.54, 1.807) is 24.3 Å².